The number of aromatic carboxylic acids is 1. The minimum Gasteiger partial charge on any atom is -0.477 e. The zero-order chi connectivity index (χ0) is 8.72. The van der Waals surface area contributed by atoms with Crippen molar-refractivity contribution in [2.24, 2.45) is 7.05 Å². The fourth-order valence-corrected chi connectivity index (χ4v) is 1.27. The summed E-state index contributed by atoms with van der Waals surface area (Å²) in [6.45, 7) is 0. The number of aryl methyl sites for hydroxylation is 1. The number of carboxylic acid groups (broad SMARTS) is 1. The standard InChI is InChI=1S/C8H10N2O2/c1-10-7(8(11)12)4-6(9-10)5-2-3-5/h4-5H,2-3H2,1H3,(H,11,12). The molecular weight excluding hydrogens is 156 g/mol. The third kappa shape index (κ3) is 1.09. The summed E-state index contributed by atoms with van der Waals surface area (Å²) in [5.41, 5.74) is 1.20. The van der Waals surface area contributed by atoms with Crippen molar-refractivity contribution >= 4 is 5.97 Å². The Morgan fingerprint density at radius 1 is 1.75 bits per heavy atom. The van der Waals surface area contributed by atoms with Crippen molar-refractivity contribution in [3.8, 4) is 0 Å². The summed E-state index contributed by atoms with van der Waals surface area (Å²) < 4.78 is 1.43. The summed E-state index contributed by atoms with van der Waals surface area (Å²) in [6.07, 6.45) is 2.30. The molecule has 1 heterocycles. The highest BCUT2D eigenvalue weighted by atomic mass is 16.4. The monoisotopic (exact) mass is 166 g/mol. The van der Waals surface area contributed by atoms with Gasteiger partial charge in [-0.2, -0.15) is 5.10 Å². The predicted molar refractivity (Wildman–Crippen MR) is 42.1 cm³/mol. The van der Waals surface area contributed by atoms with Gasteiger partial charge in [0.25, 0.3) is 0 Å². The number of rotatable bonds is 2. The van der Waals surface area contributed by atoms with E-state index in [9.17, 15) is 4.79 Å². The lowest BCUT2D eigenvalue weighted by atomic mass is 10.3. The molecule has 0 amide bonds. The molecule has 4 heteroatoms. The van der Waals surface area contributed by atoms with E-state index in [1.807, 2.05) is 0 Å². The van der Waals surface area contributed by atoms with Crippen molar-refractivity contribution < 1.29 is 9.90 Å². The average Bonchev–Trinajstić information content (AvgIpc) is 2.75. The molecule has 0 unspecified atom stereocenters. The van der Waals surface area contributed by atoms with Crippen LogP contribution in [-0.2, 0) is 7.05 Å². The second-order valence-electron chi connectivity index (χ2n) is 3.16. The fraction of sp³-hybridized carbons (Fsp3) is 0.500. The lowest BCUT2D eigenvalue weighted by molar-refractivity contribution is 0.0685. The van der Waals surface area contributed by atoms with Gasteiger partial charge in [-0.15, -0.1) is 0 Å². The second-order valence-corrected chi connectivity index (χ2v) is 3.16. The van der Waals surface area contributed by atoms with E-state index in [4.69, 9.17) is 5.11 Å². The molecule has 0 aromatic carbocycles. The molecule has 0 aliphatic heterocycles. The molecule has 1 aliphatic carbocycles. The van der Waals surface area contributed by atoms with Gasteiger partial charge in [-0.25, -0.2) is 4.79 Å². The van der Waals surface area contributed by atoms with Gasteiger partial charge in [0.15, 0.2) is 0 Å². The van der Waals surface area contributed by atoms with E-state index in [0.717, 1.165) is 18.5 Å². The van der Waals surface area contributed by atoms with Gasteiger partial charge in [-0.05, 0) is 18.9 Å². The Kier molecular flexibility index (Phi) is 1.43. The summed E-state index contributed by atoms with van der Waals surface area (Å²) in [4.78, 5) is 10.6. The van der Waals surface area contributed by atoms with E-state index >= 15 is 0 Å². The lowest BCUT2D eigenvalue weighted by Crippen LogP contribution is -2.04. The van der Waals surface area contributed by atoms with Gasteiger partial charge < -0.3 is 5.11 Å². The van der Waals surface area contributed by atoms with Crippen LogP contribution < -0.4 is 0 Å². The summed E-state index contributed by atoms with van der Waals surface area (Å²) in [6, 6.07) is 1.67. The van der Waals surface area contributed by atoms with Crippen LogP contribution in [0.25, 0.3) is 0 Å². The molecule has 64 valence electrons. The number of carboxylic acids is 1. The number of nitrogens with zero attached hydrogens (tertiary/aromatic N) is 2. The summed E-state index contributed by atoms with van der Waals surface area (Å²) in [7, 11) is 1.66. The molecular formula is C8H10N2O2. The maximum atomic E-state index is 10.6. The number of carbonyl (C=O) groups is 1. The van der Waals surface area contributed by atoms with E-state index in [-0.39, 0.29) is 5.69 Å². The van der Waals surface area contributed by atoms with Crippen molar-refractivity contribution in [2.45, 2.75) is 18.8 Å². The van der Waals surface area contributed by atoms with Gasteiger partial charge in [0.05, 0.1) is 5.69 Å². The van der Waals surface area contributed by atoms with Crippen LogP contribution in [-0.4, -0.2) is 20.9 Å². The molecule has 0 saturated heterocycles. The van der Waals surface area contributed by atoms with Crippen LogP contribution in [0.2, 0.25) is 0 Å². The first-order valence-electron chi connectivity index (χ1n) is 3.95. The van der Waals surface area contributed by atoms with Gasteiger partial charge in [0, 0.05) is 13.0 Å². The molecule has 1 aromatic heterocycles. The van der Waals surface area contributed by atoms with E-state index in [1.54, 1.807) is 13.1 Å². The van der Waals surface area contributed by atoms with Crippen molar-refractivity contribution in [1.82, 2.24) is 9.78 Å². The maximum Gasteiger partial charge on any atom is 0.354 e. The molecule has 1 N–H and O–H groups in total. The third-order valence-electron chi connectivity index (χ3n) is 2.11. The summed E-state index contributed by atoms with van der Waals surface area (Å²) in [5, 5.41) is 12.9. The summed E-state index contributed by atoms with van der Waals surface area (Å²) in [5.74, 6) is -0.388. The van der Waals surface area contributed by atoms with E-state index in [1.165, 1.54) is 4.68 Å². The van der Waals surface area contributed by atoms with Crippen molar-refractivity contribution in [1.29, 1.82) is 0 Å². The van der Waals surface area contributed by atoms with E-state index in [2.05, 4.69) is 5.10 Å². The van der Waals surface area contributed by atoms with Gasteiger partial charge >= 0.3 is 5.97 Å². The average molecular weight is 166 g/mol. The van der Waals surface area contributed by atoms with Crippen LogP contribution in [0, 0.1) is 0 Å². The summed E-state index contributed by atoms with van der Waals surface area (Å²) >= 11 is 0. The van der Waals surface area contributed by atoms with Gasteiger partial charge in [0.1, 0.15) is 5.69 Å². The first kappa shape index (κ1) is 7.34. The number of hydrogen-bond donors (Lipinski definition) is 1. The molecule has 0 bridgehead atoms. The SMILES string of the molecule is Cn1nc(C2CC2)cc1C(=O)O. The van der Waals surface area contributed by atoms with Crippen LogP contribution in [0.4, 0.5) is 0 Å². The quantitative estimate of drug-likeness (QED) is 0.712. The van der Waals surface area contributed by atoms with Crippen LogP contribution in [0.5, 0.6) is 0 Å². The predicted octanol–water partition coefficient (Wildman–Crippen LogP) is 0.996. The van der Waals surface area contributed by atoms with Crippen LogP contribution in [0.1, 0.15) is 34.9 Å². The van der Waals surface area contributed by atoms with E-state index in [0.29, 0.717) is 5.92 Å². The molecule has 1 saturated carbocycles. The molecule has 1 aliphatic rings. The first-order chi connectivity index (χ1) is 5.68. The Morgan fingerprint density at radius 2 is 2.42 bits per heavy atom. The second kappa shape index (κ2) is 2.33. The highest BCUT2D eigenvalue weighted by Gasteiger charge is 2.27. The first-order valence-corrected chi connectivity index (χ1v) is 3.95. The molecule has 0 atom stereocenters. The normalized spacial score (nSPS) is 16.4. The van der Waals surface area contributed by atoms with Gasteiger partial charge in [0.2, 0.25) is 0 Å². The van der Waals surface area contributed by atoms with Crippen molar-refractivity contribution in [3.63, 3.8) is 0 Å². The molecule has 0 spiro atoms. The van der Waals surface area contributed by atoms with Crippen LogP contribution >= 0.6 is 0 Å². The minimum absolute atomic E-state index is 0.275. The minimum atomic E-state index is -0.906. The molecule has 1 fully saturated rings. The molecule has 1 aromatic rings. The maximum absolute atomic E-state index is 10.6. The molecule has 0 radical (unpaired) electrons. The largest absolute Gasteiger partial charge is 0.477 e. The number of aromatic nitrogens is 2. The van der Waals surface area contributed by atoms with Gasteiger partial charge in [-0.3, -0.25) is 4.68 Å². The zero-order valence-electron chi connectivity index (χ0n) is 6.82. The Morgan fingerprint density at radius 3 is 2.83 bits per heavy atom. The topological polar surface area (TPSA) is 55.1 Å². The molecule has 2 rings (SSSR count). The van der Waals surface area contributed by atoms with Crippen molar-refractivity contribution in [3.05, 3.63) is 17.5 Å². The lowest BCUT2D eigenvalue weighted by Gasteiger charge is -1.91. The fourth-order valence-electron chi connectivity index (χ4n) is 1.27. The Hall–Kier alpha value is -1.32. The number of hydrogen-bond acceptors (Lipinski definition) is 2. The Labute approximate surface area is 69.8 Å². The highest BCUT2D eigenvalue weighted by molar-refractivity contribution is 5.85. The Balaban J connectivity index is 2.36. The zero-order valence-corrected chi connectivity index (χ0v) is 6.82. The Bertz CT molecular complexity index is 326. The third-order valence-corrected chi connectivity index (χ3v) is 2.11. The van der Waals surface area contributed by atoms with Crippen LogP contribution in [0.15, 0.2) is 6.07 Å². The molecule has 4 nitrogen and oxygen atoms in total. The van der Waals surface area contributed by atoms with Gasteiger partial charge in [-0.1, -0.05) is 0 Å². The molecule has 12 heavy (non-hydrogen) atoms. The smallest absolute Gasteiger partial charge is 0.354 e. The van der Waals surface area contributed by atoms with Crippen molar-refractivity contribution in [2.75, 3.05) is 0 Å². The van der Waals surface area contributed by atoms with E-state index < -0.39 is 5.97 Å². The highest BCUT2D eigenvalue weighted by Crippen LogP contribution is 2.39. The van der Waals surface area contributed by atoms with Crippen LogP contribution in [0.3, 0.4) is 0 Å².